The molecule has 1 unspecified atom stereocenters. The predicted octanol–water partition coefficient (Wildman–Crippen LogP) is 3.43. The summed E-state index contributed by atoms with van der Waals surface area (Å²) in [6.45, 7) is 3.94. The lowest BCUT2D eigenvalue weighted by atomic mass is 10.1. The lowest BCUT2D eigenvalue weighted by molar-refractivity contribution is 0.512. The number of anilines is 1. The smallest absolute Gasteiger partial charge is 0.242 e. The first-order valence-corrected chi connectivity index (χ1v) is 8.33. The molecular formula is C12H18Cl2N2O2S. The van der Waals surface area contributed by atoms with Gasteiger partial charge < -0.3 is 5.73 Å². The van der Waals surface area contributed by atoms with Crippen molar-refractivity contribution in [1.29, 1.82) is 0 Å². The molecule has 0 saturated carbocycles. The summed E-state index contributed by atoms with van der Waals surface area (Å²) in [4.78, 5) is -0.0365. The molecule has 1 rings (SSSR count). The molecule has 0 heterocycles. The van der Waals surface area contributed by atoms with Gasteiger partial charge in [-0.15, -0.1) is 0 Å². The highest BCUT2D eigenvalue weighted by atomic mass is 35.5. The van der Waals surface area contributed by atoms with E-state index in [0.29, 0.717) is 6.42 Å². The predicted molar refractivity (Wildman–Crippen MR) is 80.2 cm³/mol. The monoisotopic (exact) mass is 324 g/mol. The molecule has 0 fully saturated rings. The van der Waals surface area contributed by atoms with Crippen LogP contribution in [0.1, 0.15) is 33.1 Å². The molecule has 108 valence electrons. The molecule has 0 spiro atoms. The number of benzene rings is 1. The van der Waals surface area contributed by atoms with Crippen molar-refractivity contribution in [3.63, 3.8) is 0 Å². The number of hydrogen-bond donors (Lipinski definition) is 2. The first-order valence-electron chi connectivity index (χ1n) is 6.09. The van der Waals surface area contributed by atoms with Crippen LogP contribution in [0, 0.1) is 0 Å². The molecule has 1 aromatic carbocycles. The molecule has 1 aromatic rings. The van der Waals surface area contributed by atoms with Crippen molar-refractivity contribution in [1.82, 2.24) is 4.72 Å². The van der Waals surface area contributed by atoms with Gasteiger partial charge >= 0.3 is 0 Å². The first kappa shape index (κ1) is 16.6. The Kier molecular flexibility index (Phi) is 5.92. The average Bonchev–Trinajstić information content (AvgIpc) is 2.34. The highest BCUT2D eigenvalue weighted by Crippen LogP contribution is 2.33. The minimum Gasteiger partial charge on any atom is -0.396 e. The van der Waals surface area contributed by atoms with Gasteiger partial charge in [0.2, 0.25) is 10.0 Å². The average molecular weight is 325 g/mol. The molecule has 0 bridgehead atoms. The zero-order chi connectivity index (χ0) is 14.6. The molecule has 4 nitrogen and oxygen atoms in total. The molecule has 0 aliphatic heterocycles. The van der Waals surface area contributed by atoms with Gasteiger partial charge in [-0.25, -0.2) is 13.1 Å². The molecule has 19 heavy (non-hydrogen) atoms. The third-order valence-electron chi connectivity index (χ3n) is 2.83. The van der Waals surface area contributed by atoms with E-state index in [0.717, 1.165) is 12.8 Å². The second kappa shape index (κ2) is 6.79. The molecule has 7 heteroatoms. The molecule has 0 saturated heterocycles. The summed E-state index contributed by atoms with van der Waals surface area (Å²) < 4.78 is 27.2. The van der Waals surface area contributed by atoms with Crippen molar-refractivity contribution < 1.29 is 8.42 Å². The van der Waals surface area contributed by atoms with E-state index in [1.54, 1.807) is 0 Å². The maximum absolute atomic E-state index is 12.3. The fourth-order valence-corrected chi connectivity index (χ4v) is 3.85. The highest BCUT2D eigenvalue weighted by molar-refractivity contribution is 7.89. The number of nitrogens with one attached hydrogen (secondary N) is 1. The summed E-state index contributed by atoms with van der Waals surface area (Å²) in [5.41, 5.74) is 5.72. The Labute approximate surface area is 124 Å². The second-order valence-corrected chi connectivity index (χ2v) is 6.76. The van der Waals surface area contributed by atoms with Gasteiger partial charge in [-0.2, -0.15) is 0 Å². The number of nitrogens with two attached hydrogens (primary N) is 1. The van der Waals surface area contributed by atoms with Gasteiger partial charge in [0.1, 0.15) is 4.90 Å². The summed E-state index contributed by atoms with van der Waals surface area (Å²) >= 11 is 11.8. The topological polar surface area (TPSA) is 72.2 Å². The Morgan fingerprint density at radius 1 is 1.32 bits per heavy atom. The van der Waals surface area contributed by atoms with Crippen LogP contribution in [-0.2, 0) is 10.0 Å². The van der Waals surface area contributed by atoms with E-state index >= 15 is 0 Å². The largest absolute Gasteiger partial charge is 0.396 e. The van der Waals surface area contributed by atoms with Gasteiger partial charge in [-0.1, -0.05) is 43.5 Å². The zero-order valence-corrected chi connectivity index (χ0v) is 13.2. The molecule has 0 aromatic heterocycles. The number of sulfonamides is 1. The van der Waals surface area contributed by atoms with Crippen LogP contribution in [0.25, 0.3) is 0 Å². The van der Waals surface area contributed by atoms with Gasteiger partial charge in [0.05, 0.1) is 15.7 Å². The van der Waals surface area contributed by atoms with Crippen LogP contribution < -0.4 is 10.5 Å². The SMILES string of the molecule is CCCC(CC)NS(=O)(=O)c1ccc(Cl)c(N)c1Cl. The van der Waals surface area contributed by atoms with Crippen LogP contribution in [0.5, 0.6) is 0 Å². The van der Waals surface area contributed by atoms with E-state index in [4.69, 9.17) is 28.9 Å². The van der Waals surface area contributed by atoms with Gasteiger partial charge in [0.15, 0.2) is 0 Å². The Bertz CT molecular complexity index is 547. The van der Waals surface area contributed by atoms with Gasteiger partial charge in [-0.05, 0) is 25.0 Å². The summed E-state index contributed by atoms with van der Waals surface area (Å²) in [6, 6.07) is 2.68. The quantitative estimate of drug-likeness (QED) is 0.787. The molecule has 0 aliphatic rings. The maximum Gasteiger partial charge on any atom is 0.242 e. The van der Waals surface area contributed by atoms with Crippen LogP contribution in [0.4, 0.5) is 5.69 Å². The lowest BCUT2D eigenvalue weighted by Gasteiger charge is -2.17. The van der Waals surface area contributed by atoms with E-state index in [-0.39, 0.29) is 26.7 Å². The number of nitrogen functional groups attached to an aromatic ring is 1. The van der Waals surface area contributed by atoms with Crippen LogP contribution in [-0.4, -0.2) is 14.5 Å². The van der Waals surface area contributed by atoms with E-state index in [2.05, 4.69) is 4.72 Å². The molecular weight excluding hydrogens is 307 g/mol. The molecule has 0 aliphatic carbocycles. The summed E-state index contributed by atoms with van der Waals surface area (Å²) in [5, 5.41) is 0.205. The third kappa shape index (κ3) is 3.99. The fourth-order valence-electron chi connectivity index (χ4n) is 1.73. The van der Waals surface area contributed by atoms with Crippen molar-refractivity contribution in [2.75, 3.05) is 5.73 Å². The van der Waals surface area contributed by atoms with Crippen molar-refractivity contribution in [3.05, 3.63) is 22.2 Å². The number of halogens is 2. The highest BCUT2D eigenvalue weighted by Gasteiger charge is 2.23. The van der Waals surface area contributed by atoms with Gasteiger partial charge in [0.25, 0.3) is 0 Å². The Balaban J connectivity index is 3.10. The van der Waals surface area contributed by atoms with E-state index < -0.39 is 10.0 Å². The van der Waals surface area contributed by atoms with E-state index in [9.17, 15) is 8.42 Å². The van der Waals surface area contributed by atoms with Crippen molar-refractivity contribution in [2.24, 2.45) is 0 Å². The second-order valence-electron chi connectivity index (χ2n) is 4.29. The molecule has 0 amide bonds. The third-order valence-corrected chi connectivity index (χ3v) is 5.24. The summed E-state index contributed by atoms with van der Waals surface area (Å²) in [5.74, 6) is 0. The fraction of sp³-hybridized carbons (Fsp3) is 0.500. The molecule has 3 N–H and O–H groups in total. The molecule has 0 radical (unpaired) electrons. The van der Waals surface area contributed by atoms with Crippen LogP contribution >= 0.6 is 23.2 Å². The van der Waals surface area contributed by atoms with Crippen LogP contribution in [0.2, 0.25) is 10.0 Å². The van der Waals surface area contributed by atoms with E-state index in [1.165, 1.54) is 12.1 Å². The number of hydrogen-bond acceptors (Lipinski definition) is 3. The normalized spacial score (nSPS) is 13.5. The summed E-state index contributed by atoms with van der Waals surface area (Å²) in [7, 11) is -3.68. The van der Waals surface area contributed by atoms with Crippen molar-refractivity contribution in [2.45, 2.75) is 44.0 Å². The lowest BCUT2D eigenvalue weighted by Crippen LogP contribution is -2.34. The summed E-state index contributed by atoms with van der Waals surface area (Å²) in [6.07, 6.45) is 2.39. The van der Waals surface area contributed by atoms with E-state index in [1.807, 2.05) is 13.8 Å². The Morgan fingerprint density at radius 3 is 2.47 bits per heavy atom. The Hall–Kier alpha value is -0.490. The van der Waals surface area contributed by atoms with Crippen LogP contribution in [0.15, 0.2) is 17.0 Å². The minimum atomic E-state index is -3.68. The van der Waals surface area contributed by atoms with Crippen LogP contribution in [0.3, 0.4) is 0 Å². The van der Waals surface area contributed by atoms with Gasteiger partial charge in [-0.3, -0.25) is 0 Å². The van der Waals surface area contributed by atoms with Gasteiger partial charge in [0, 0.05) is 6.04 Å². The first-order chi connectivity index (χ1) is 8.83. The minimum absolute atomic E-state index is 0.0358. The maximum atomic E-state index is 12.3. The van der Waals surface area contributed by atoms with Crippen molar-refractivity contribution >= 4 is 38.9 Å². The number of rotatable bonds is 6. The molecule has 1 atom stereocenters. The Morgan fingerprint density at radius 2 is 1.95 bits per heavy atom. The zero-order valence-electron chi connectivity index (χ0n) is 10.9. The standard InChI is InChI=1S/C12H18Cl2N2O2S/c1-3-5-8(4-2)16-19(17,18)10-7-6-9(13)12(15)11(10)14/h6-8,16H,3-5,15H2,1-2H3. The van der Waals surface area contributed by atoms with Crippen molar-refractivity contribution in [3.8, 4) is 0 Å².